The SMILES string of the molecule is Cc1ccncc1S(=O)(=O)NC(=O)c1cccc(-c2ccc(F)cc2)n1. The summed E-state index contributed by atoms with van der Waals surface area (Å²) in [6.07, 6.45) is 2.64. The van der Waals surface area contributed by atoms with Crippen LogP contribution < -0.4 is 4.72 Å². The van der Waals surface area contributed by atoms with E-state index in [0.29, 0.717) is 16.8 Å². The second-order valence-corrected chi connectivity index (χ2v) is 7.14. The molecule has 1 amide bonds. The lowest BCUT2D eigenvalue weighted by atomic mass is 10.1. The Morgan fingerprint density at radius 2 is 1.81 bits per heavy atom. The van der Waals surface area contributed by atoms with Crippen LogP contribution >= 0.6 is 0 Å². The first kappa shape index (κ1) is 17.7. The number of aromatic nitrogens is 2. The van der Waals surface area contributed by atoms with Gasteiger partial charge in [-0.2, -0.15) is 0 Å². The largest absolute Gasteiger partial charge is 0.283 e. The first-order valence-electron chi connectivity index (χ1n) is 7.57. The van der Waals surface area contributed by atoms with Gasteiger partial charge >= 0.3 is 0 Å². The van der Waals surface area contributed by atoms with Crippen LogP contribution in [0.4, 0.5) is 4.39 Å². The molecule has 2 heterocycles. The first-order valence-corrected chi connectivity index (χ1v) is 9.06. The highest BCUT2D eigenvalue weighted by atomic mass is 32.2. The van der Waals surface area contributed by atoms with Gasteiger partial charge in [0.1, 0.15) is 16.4 Å². The van der Waals surface area contributed by atoms with Crippen LogP contribution in [-0.2, 0) is 10.0 Å². The number of amides is 1. The van der Waals surface area contributed by atoms with E-state index in [9.17, 15) is 17.6 Å². The topological polar surface area (TPSA) is 89.0 Å². The van der Waals surface area contributed by atoms with Gasteiger partial charge < -0.3 is 0 Å². The minimum absolute atomic E-state index is 0.0723. The molecule has 0 saturated heterocycles. The number of hydrogen-bond acceptors (Lipinski definition) is 5. The number of nitrogens with one attached hydrogen (secondary N) is 1. The van der Waals surface area contributed by atoms with Crippen LogP contribution in [-0.4, -0.2) is 24.3 Å². The highest BCUT2D eigenvalue weighted by Crippen LogP contribution is 2.18. The molecule has 0 aliphatic carbocycles. The van der Waals surface area contributed by atoms with Crippen LogP contribution in [0.1, 0.15) is 16.1 Å². The van der Waals surface area contributed by atoms with Crippen molar-refractivity contribution < 1.29 is 17.6 Å². The van der Waals surface area contributed by atoms with Crippen molar-refractivity contribution >= 4 is 15.9 Å². The summed E-state index contributed by atoms with van der Waals surface area (Å²) in [5.74, 6) is -1.25. The summed E-state index contributed by atoms with van der Waals surface area (Å²) < 4.78 is 39.8. The molecular formula is C18H14FN3O3S. The molecule has 3 rings (SSSR count). The Morgan fingerprint density at radius 1 is 1.08 bits per heavy atom. The number of carbonyl (C=O) groups excluding carboxylic acids is 1. The van der Waals surface area contributed by atoms with Crippen LogP contribution in [0.2, 0.25) is 0 Å². The molecule has 0 bridgehead atoms. The van der Waals surface area contributed by atoms with Gasteiger partial charge in [0.25, 0.3) is 15.9 Å². The molecule has 132 valence electrons. The Kier molecular flexibility index (Phi) is 4.77. The molecule has 0 spiro atoms. The third kappa shape index (κ3) is 3.75. The van der Waals surface area contributed by atoms with Gasteiger partial charge in [-0.1, -0.05) is 6.07 Å². The third-order valence-corrected chi connectivity index (χ3v) is 5.09. The van der Waals surface area contributed by atoms with Gasteiger partial charge in [0, 0.05) is 18.0 Å². The quantitative estimate of drug-likeness (QED) is 0.762. The van der Waals surface area contributed by atoms with Crippen LogP contribution in [0.3, 0.4) is 0 Å². The third-order valence-electron chi connectivity index (χ3n) is 3.63. The van der Waals surface area contributed by atoms with E-state index in [2.05, 4.69) is 9.97 Å². The van der Waals surface area contributed by atoms with E-state index >= 15 is 0 Å². The zero-order valence-corrected chi connectivity index (χ0v) is 14.5. The predicted octanol–water partition coefficient (Wildman–Crippen LogP) is 2.71. The number of halogens is 1. The smallest absolute Gasteiger partial charge is 0.266 e. The minimum atomic E-state index is -4.07. The van der Waals surface area contributed by atoms with E-state index in [-0.39, 0.29) is 16.4 Å². The highest BCUT2D eigenvalue weighted by molar-refractivity contribution is 7.90. The lowest BCUT2D eigenvalue weighted by molar-refractivity contribution is 0.0976. The average molecular weight is 371 g/mol. The van der Waals surface area contributed by atoms with Gasteiger partial charge in [0.2, 0.25) is 0 Å². The first-order chi connectivity index (χ1) is 12.4. The molecule has 0 saturated carbocycles. The number of rotatable bonds is 4. The molecule has 2 aromatic heterocycles. The number of aryl methyl sites for hydroxylation is 1. The van der Waals surface area contributed by atoms with Crippen LogP contribution in [0.15, 0.2) is 65.8 Å². The molecular weight excluding hydrogens is 357 g/mol. The zero-order valence-electron chi connectivity index (χ0n) is 13.7. The fourth-order valence-electron chi connectivity index (χ4n) is 2.30. The molecule has 3 aromatic rings. The maximum absolute atomic E-state index is 13.0. The molecule has 6 nitrogen and oxygen atoms in total. The molecule has 0 aliphatic heterocycles. The second kappa shape index (κ2) is 7.01. The summed E-state index contributed by atoms with van der Waals surface area (Å²) in [4.78, 5) is 20.2. The van der Waals surface area contributed by atoms with Gasteiger partial charge in [-0.15, -0.1) is 0 Å². The van der Waals surface area contributed by atoms with Gasteiger partial charge in [0.05, 0.1) is 5.69 Å². The zero-order chi connectivity index (χ0) is 18.7. The van der Waals surface area contributed by atoms with Gasteiger partial charge in [-0.3, -0.25) is 9.78 Å². The van der Waals surface area contributed by atoms with Crippen molar-refractivity contribution in [1.29, 1.82) is 0 Å². The number of benzene rings is 1. The van der Waals surface area contributed by atoms with E-state index in [1.165, 1.54) is 48.8 Å². The Bertz CT molecular complexity index is 1070. The Balaban J connectivity index is 1.88. The fraction of sp³-hybridized carbons (Fsp3) is 0.0556. The molecule has 8 heteroatoms. The summed E-state index contributed by atoms with van der Waals surface area (Å²) in [6, 6.07) is 11.7. The molecule has 26 heavy (non-hydrogen) atoms. The van der Waals surface area contributed by atoms with E-state index in [1.807, 2.05) is 4.72 Å². The number of nitrogens with zero attached hydrogens (tertiary/aromatic N) is 2. The number of carbonyl (C=O) groups is 1. The molecule has 1 aromatic carbocycles. The van der Waals surface area contributed by atoms with Crippen molar-refractivity contribution in [2.24, 2.45) is 0 Å². The molecule has 0 fully saturated rings. The minimum Gasteiger partial charge on any atom is -0.266 e. The maximum atomic E-state index is 13.0. The summed E-state index contributed by atoms with van der Waals surface area (Å²) in [5.41, 5.74) is 1.42. The maximum Gasteiger partial charge on any atom is 0.283 e. The number of hydrogen-bond donors (Lipinski definition) is 1. The number of sulfonamides is 1. The average Bonchev–Trinajstić information content (AvgIpc) is 2.62. The molecule has 1 N–H and O–H groups in total. The monoisotopic (exact) mass is 371 g/mol. The van der Waals surface area contributed by atoms with Crippen LogP contribution in [0, 0.1) is 12.7 Å². The summed E-state index contributed by atoms with van der Waals surface area (Å²) in [5, 5.41) is 0. The van der Waals surface area contributed by atoms with Crippen molar-refractivity contribution in [3.63, 3.8) is 0 Å². The van der Waals surface area contributed by atoms with Crippen molar-refractivity contribution in [2.45, 2.75) is 11.8 Å². The highest BCUT2D eigenvalue weighted by Gasteiger charge is 2.21. The summed E-state index contributed by atoms with van der Waals surface area (Å²) in [6.45, 7) is 1.61. The standard InChI is InChI=1S/C18H14FN3O3S/c1-12-9-10-20-11-17(12)26(24,25)22-18(23)16-4-2-3-15(21-16)13-5-7-14(19)8-6-13/h2-11H,1H3,(H,22,23). The number of pyridine rings is 2. The van der Waals surface area contributed by atoms with Gasteiger partial charge in [-0.25, -0.2) is 22.5 Å². The van der Waals surface area contributed by atoms with Crippen molar-refractivity contribution in [2.75, 3.05) is 0 Å². The molecule has 0 aliphatic rings. The van der Waals surface area contributed by atoms with E-state index in [1.54, 1.807) is 19.1 Å². The van der Waals surface area contributed by atoms with Crippen LogP contribution in [0.5, 0.6) is 0 Å². The van der Waals surface area contributed by atoms with E-state index < -0.39 is 15.9 Å². The normalized spacial score (nSPS) is 11.2. The Labute approximate surface area is 149 Å². The molecule has 0 radical (unpaired) electrons. The van der Waals surface area contributed by atoms with Crippen molar-refractivity contribution in [1.82, 2.24) is 14.7 Å². The van der Waals surface area contributed by atoms with Crippen molar-refractivity contribution in [3.05, 3.63) is 78.0 Å². The predicted molar refractivity (Wildman–Crippen MR) is 93.3 cm³/mol. The lowest BCUT2D eigenvalue weighted by Gasteiger charge is -2.09. The molecule has 0 unspecified atom stereocenters. The fourth-order valence-corrected chi connectivity index (χ4v) is 3.45. The lowest BCUT2D eigenvalue weighted by Crippen LogP contribution is -2.31. The van der Waals surface area contributed by atoms with E-state index in [0.717, 1.165) is 0 Å². The van der Waals surface area contributed by atoms with Crippen LogP contribution in [0.25, 0.3) is 11.3 Å². The Hall–Kier alpha value is -3.13. The summed E-state index contributed by atoms with van der Waals surface area (Å²) in [7, 11) is -4.07. The van der Waals surface area contributed by atoms with Crippen molar-refractivity contribution in [3.8, 4) is 11.3 Å². The summed E-state index contributed by atoms with van der Waals surface area (Å²) >= 11 is 0. The Morgan fingerprint density at radius 3 is 2.50 bits per heavy atom. The van der Waals surface area contributed by atoms with Gasteiger partial charge in [-0.05, 0) is 55.0 Å². The molecule has 0 atom stereocenters. The van der Waals surface area contributed by atoms with E-state index in [4.69, 9.17) is 0 Å². The van der Waals surface area contributed by atoms with Gasteiger partial charge in [0.15, 0.2) is 0 Å². The second-order valence-electron chi connectivity index (χ2n) is 5.49.